The van der Waals surface area contributed by atoms with Crippen LogP contribution in [-0.2, 0) is 11.2 Å². The van der Waals surface area contributed by atoms with Gasteiger partial charge >= 0.3 is 0 Å². The number of halogens is 2. The highest BCUT2D eigenvalue weighted by atomic mass is 79.9. The molecule has 0 unspecified atom stereocenters. The van der Waals surface area contributed by atoms with Crippen LogP contribution in [0.25, 0.3) is 17.4 Å². The zero-order chi connectivity index (χ0) is 22.5. The van der Waals surface area contributed by atoms with Crippen molar-refractivity contribution in [2.75, 3.05) is 5.32 Å². The van der Waals surface area contributed by atoms with Crippen LogP contribution in [0.15, 0.2) is 81.3 Å². The molecule has 2 aromatic heterocycles. The van der Waals surface area contributed by atoms with Gasteiger partial charge in [-0.1, -0.05) is 51.8 Å². The Bertz CT molecular complexity index is 1340. The first-order valence-corrected chi connectivity index (χ1v) is 11.5. The lowest BCUT2D eigenvalue weighted by molar-refractivity contribution is -0.112. The van der Waals surface area contributed by atoms with Crippen LogP contribution in [0.3, 0.4) is 0 Å². The molecular formula is C24H15BrClN3O2S. The molecule has 32 heavy (non-hydrogen) atoms. The topological polar surface area (TPSA) is 78.9 Å². The minimum atomic E-state index is -0.544. The summed E-state index contributed by atoms with van der Waals surface area (Å²) >= 11 is 10.8. The summed E-state index contributed by atoms with van der Waals surface area (Å²) in [6.07, 6.45) is 3.84. The summed E-state index contributed by atoms with van der Waals surface area (Å²) in [6.45, 7) is 0. The lowest BCUT2D eigenvalue weighted by Gasteiger charge is -2.00. The second kappa shape index (κ2) is 9.96. The fourth-order valence-corrected chi connectivity index (χ4v) is 4.23. The second-order valence-corrected chi connectivity index (χ2v) is 9.24. The summed E-state index contributed by atoms with van der Waals surface area (Å²) in [7, 11) is 0. The summed E-state index contributed by atoms with van der Waals surface area (Å²) in [5.41, 5.74) is 1.86. The van der Waals surface area contributed by atoms with Crippen LogP contribution in [0.5, 0.6) is 0 Å². The largest absolute Gasteiger partial charge is 0.457 e. The van der Waals surface area contributed by atoms with E-state index in [-0.39, 0.29) is 5.57 Å². The molecule has 0 aliphatic carbocycles. The summed E-state index contributed by atoms with van der Waals surface area (Å²) in [6, 6.07) is 20.6. The summed E-state index contributed by atoms with van der Waals surface area (Å²) in [4.78, 5) is 17.8. The Balaban J connectivity index is 1.44. The number of nitriles is 1. The number of nitrogens with one attached hydrogen (secondary N) is 1. The number of furan rings is 1. The van der Waals surface area contributed by atoms with E-state index in [2.05, 4.69) is 26.2 Å². The molecule has 0 atom stereocenters. The highest BCUT2D eigenvalue weighted by molar-refractivity contribution is 9.10. The minimum absolute atomic E-state index is 0.0818. The van der Waals surface area contributed by atoms with Crippen LogP contribution in [0.2, 0.25) is 5.02 Å². The maximum Gasteiger partial charge on any atom is 0.268 e. The number of aromatic nitrogens is 1. The minimum Gasteiger partial charge on any atom is -0.457 e. The van der Waals surface area contributed by atoms with E-state index in [1.165, 1.54) is 17.4 Å². The van der Waals surface area contributed by atoms with Gasteiger partial charge < -0.3 is 4.42 Å². The van der Waals surface area contributed by atoms with Crippen molar-refractivity contribution in [1.29, 1.82) is 5.26 Å². The quantitative estimate of drug-likeness (QED) is 0.218. The average molecular weight is 525 g/mol. The number of hydrogen-bond acceptors (Lipinski definition) is 5. The molecule has 4 aromatic rings. The number of thiazole rings is 1. The summed E-state index contributed by atoms with van der Waals surface area (Å²) in [5, 5.41) is 13.2. The van der Waals surface area contributed by atoms with Crippen molar-refractivity contribution in [1.82, 2.24) is 4.98 Å². The molecule has 5 nitrogen and oxygen atoms in total. The van der Waals surface area contributed by atoms with Crippen molar-refractivity contribution in [3.05, 3.63) is 98.1 Å². The number of anilines is 1. The average Bonchev–Trinajstić information content (AvgIpc) is 3.43. The zero-order valence-corrected chi connectivity index (χ0v) is 19.7. The number of hydrogen-bond donors (Lipinski definition) is 1. The number of carbonyl (C=O) groups excluding carboxylic acids is 1. The predicted octanol–water partition coefficient (Wildman–Crippen LogP) is 6.96. The molecule has 0 radical (unpaired) electrons. The predicted molar refractivity (Wildman–Crippen MR) is 130 cm³/mol. The van der Waals surface area contributed by atoms with Gasteiger partial charge in [0.2, 0.25) is 0 Å². The van der Waals surface area contributed by atoms with Crippen LogP contribution in [0, 0.1) is 11.3 Å². The van der Waals surface area contributed by atoms with E-state index in [9.17, 15) is 10.1 Å². The van der Waals surface area contributed by atoms with E-state index in [4.69, 9.17) is 16.0 Å². The fraction of sp³-hybridized carbons (Fsp3) is 0.0417. The normalized spacial score (nSPS) is 11.2. The van der Waals surface area contributed by atoms with Gasteiger partial charge in [-0.05, 0) is 42.0 Å². The van der Waals surface area contributed by atoms with Crippen molar-refractivity contribution < 1.29 is 9.21 Å². The van der Waals surface area contributed by atoms with Gasteiger partial charge in [0.05, 0.1) is 0 Å². The highest BCUT2D eigenvalue weighted by Gasteiger charge is 2.14. The molecule has 2 heterocycles. The third kappa shape index (κ3) is 5.54. The molecule has 0 fully saturated rings. The third-order valence-corrected chi connectivity index (χ3v) is 6.13. The molecule has 0 bridgehead atoms. The van der Waals surface area contributed by atoms with Gasteiger partial charge in [-0.2, -0.15) is 5.26 Å². The van der Waals surface area contributed by atoms with Crippen molar-refractivity contribution in [2.24, 2.45) is 0 Å². The maximum absolute atomic E-state index is 12.6. The Morgan fingerprint density at radius 1 is 1.22 bits per heavy atom. The Kier molecular flexibility index (Phi) is 6.86. The van der Waals surface area contributed by atoms with E-state index in [0.717, 1.165) is 20.5 Å². The van der Waals surface area contributed by atoms with Gasteiger partial charge in [-0.3, -0.25) is 10.1 Å². The SMILES string of the molecule is N#CC(=Cc1ccc(-c2cccc(Cl)c2)o1)C(=O)Nc1ncc(Cc2ccc(Br)cc2)s1. The standard InChI is InChI=1S/C24H15BrClN3O2S/c25-18-6-4-15(5-7-18)10-21-14-28-24(32-21)29-23(30)17(13-27)12-20-8-9-22(31-20)16-2-1-3-19(26)11-16/h1-9,11-12,14H,10H2,(H,28,29,30). The Labute approximate surface area is 202 Å². The van der Waals surface area contributed by atoms with Gasteiger partial charge in [0.1, 0.15) is 23.2 Å². The Morgan fingerprint density at radius 3 is 2.78 bits per heavy atom. The monoisotopic (exact) mass is 523 g/mol. The van der Waals surface area contributed by atoms with Crippen LogP contribution < -0.4 is 5.32 Å². The first-order valence-electron chi connectivity index (χ1n) is 9.48. The van der Waals surface area contributed by atoms with E-state index in [0.29, 0.717) is 28.1 Å². The zero-order valence-electron chi connectivity index (χ0n) is 16.5. The molecule has 1 N–H and O–H groups in total. The summed E-state index contributed by atoms with van der Waals surface area (Å²) < 4.78 is 6.77. The van der Waals surface area contributed by atoms with Crippen molar-refractivity contribution >= 4 is 56.0 Å². The van der Waals surface area contributed by atoms with Gasteiger partial charge in [0.15, 0.2) is 5.13 Å². The molecule has 0 saturated carbocycles. The number of nitrogens with zero attached hydrogens (tertiary/aromatic N) is 2. The molecule has 4 rings (SSSR count). The number of benzene rings is 2. The lowest BCUT2D eigenvalue weighted by atomic mass is 10.1. The molecule has 1 amide bonds. The smallest absolute Gasteiger partial charge is 0.268 e. The van der Waals surface area contributed by atoms with Crippen LogP contribution in [0.1, 0.15) is 16.2 Å². The number of rotatable bonds is 6. The third-order valence-electron chi connectivity index (χ3n) is 4.45. The maximum atomic E-state index is 12.6. The fourth-order valence-electron chi connectivity index (χ4n) is 2.93. The van der Waals surface area contributed by atoms with Crippen molar-refractivity contribution in [3.8, 4) is 17.4 Å². The van der Waals surface area contributed by atoms with E-state index >= 15 is 0 Å². The number of amides is 1. The molecule has 0 aliphatic heterocycles. The highest BCUT2D eigenvalue weighted by Crippen LogP contribution is 2.26. The van der Waals surface area contributed by atoms with Gasteiger partial charge in [-0.25, -0.2) is 4.98 Å². The van der Waals surface area contributed by atoms with Gasteiger partial charge in [0.25, 0.3) is 5.91 Å². The summed E-state index contributed by atoms with van der Waals surface area (Å²) in [5.74, 6) is 0.438. The Morgan fingerprint density at radius 2 is 2.03 bits per heavy atom. The molecule has 8 heteroatoms. The molecule has 2 aromatic carbocycles. The molecule has 0 saturated heterocycles. The van der Waals surface area contributed by atoms with Crippen LogP contribution >= 0.6 is 38.9 Å². The van der Waals surface area contributed by atoms with Crippen molar-refractivity contribution in [2.45, 2.75) is 6.42 Å². The molecular weight excluding hydrogens is 510 g/mol. The van der Waals surface area contributed by atoms with Crippen LogP contribution in [0.4, 0.5) is 5.13 Å². The lowest BCUT2D eigenvalue weighted by Crippen LogP contribution is -2.13. The van der Waals surface area contributed by atoms with E-state index < -0.39 is 5.91 Å². The first kappa shape index (κ1) is 22.0. The molecule has 0 aliphatic rings. The van der Waals surface area contributed by atoms with E-state index in [1.807, 2.05) is 42.5 Å². The van der Waals surface area contributed by atoms with Gasteiger partial charge in [-0.15, -0.1) is 11.3 Å². The first-order chi connectivity index (χ1) is 15.5. The van der Waals surface area contributed by atoms with Crippen molar-refractivity contribution in [3.63, 3.8) is 0 Å². The molecule has 0 spiro atoms. The number of carbonyl (C=O) groups is 1. The Hall–Kier alpha value is -3.18. The van der Waals surface area contributed by atoms with E-state index in [1.54, 1.807) is 30.5 Å². The second-order valence-electron chi connectivity index (χ2n) is 6.77. The van der Waals surface area contributed by atoms with Gasteiger partial charge in [0, 0.05) is 38.6 Å². The van der Waals surface area contributed by atoms with Crippen LogP contribution in [-0.4, -0.2) is 10.9 Å². The molecule has 158 valence electrons.